The highest BCUT2D eigenvalue weighted by Gasteiger charge is 2.46. The van der Waals surface area contributed by atoms with Gasteiger partial charge in [0.2, 0.25) is 0 Å². The zero-order chi connectivity index (χ0) is 10.2. The molecule has 0 radical (unpaired) electrons. The molecule has 1 aromatic rings. The average molecular weight is 190 g/mol. The number of halogens is 1. The van der Waals surface area contributed by atoms with Gasteiger partial charge < -0.3 is 0 Å². The number of aromatic nitrogens is 1. The first-order valence-electron chi connectivity index (χ1n) is 4.21. The molecule has 0 aliphatic heterocycles. The van der Waals surface area contributed by atoms with Crippen LogP contribution in [0.4, 0.5) is 4.39 Å². The maximum atomic E-state index is 12.6. The second-order valence-electron chi connectivity index (χ2n) is 3.45. The van der Waals surface area contributed by atoms with Crippen molar-refractivity contribution < 1.29 is 9.18 Å². The summed E-state index contributed by atoms with van der Waals surface area (Å²) < 4.78 is 12.6. The fraction of sp³-hybridized carbons (Fsp3) is 0.300. The Morgan fingerprint density at radius 2 is 2.21 bits per heavy atom. The van der Waals surface area contributed by atoms with Crippen LogP contribution >= 0.6 is 0 Å². The largest absolute Gasteiger partial charge is 0.300 e. The summed E-state index contributed by atoms with van der Waals surface area (Å²) in [6, 6.07) is 4.79. The smallest absolute Gasteiger partial charge is 0.141 e. The third kappa shape index (κ3) is 1.18. The summed E-state index contributed by atoms with van der Waals surface area (Å²) in [5.74, 6) is -0.384. The van der Waals surface area contributed by atoms with E-state index in [2.05, 4.69) is 11.1 Å². The van der Waals surface area contributed by atoms with Crippen LogP contribution < -0.4 is 0 Å². The number of pyridine rings is 1. The van der Waals surface area contributed by atoms with Crippen molar-refractivity contribution in [3.05, 3.63) is 29.8 Å². The first kappa shape index (κ1) is 8.82. The van der Waals surface area contributed by atoms with Gasteiger partial charge in [0.25, 0.3) is 0 Å². The quantitative estimate of drug-likeness (QED) is 0.671. The van der Waals surface area contributed by atoms with Crippen LogP contribution in [0.5, 0.6) is 0 Å². The molecule has 0 unspecified atom stereocenters. The van der Waals surface area contributed by atoms with Gasteiger partial charge >= 0.3 is 0 Å². The lowest BCUT2D eigenvalue weighted by molar-refractivity contribution is -0.126. The van der Waals surface area contributed by atoms with Crippen LogP contribution in [0.15, 0.2) is 18.3 Å². The number of carbonyl (C=O) groups excluding carboxylic acids is 1. The SMILES string of the molecule is N#CC1(c2ccc(F)cn2)CC(=O)C1. The number of hydrogen-bond acceptors (Lipinski definition) is 3. The Balaban J connectivity index is 2.35. The zero-order valence-electron chi connectivity index (χ0n) is 7.33. The second kappa shape index (κ2) is 2.88. The lowest BCUT2D eigenvalue weighted by Crippen LogP contribution is -2.41. The average Bonchev–Trinajstić information content (AvgIpc) is 2.14. The van der Waals surface area contributed by atoms with E-state index < -0.39 is 11.2 Å². The van der Waals surface area contributed by atoms with E-state index in [0.717, 1.165) is 6.20 Å². The van der Waals surface area contributed by atoms with E-state index in [1.54, 1.807) is 0 Å². The van der Waals surface area contributed by atoms with Gasteiger partial charge in [0.15, 0.2) is 0 Å². The molecule has 1 fully saturated rings. The van der Waals surface area contributed by atoms with E-state index in [1.165, 1.54) is 12.1 Å². The van der Waals surface area contributed by atoms with E-state index in [-0.39, 0.29) is 18.6 Å². The molecule has 0 N–H and O–H groups in total. The van der Waals surface area contributed by atoms with Gasteiger partial charge in [-0.3, -0.25) is 9.78 Å². The topological polar surface area (TPSA) is 53.8 Å². The molecule has 0 bridgehead atoms. The first-order valence-corrected chi connectivity index (χ1v) is 4.21. The molecular formula is C10H7FN2O. The van der Waals surface area contributed by atoms with Crippen LogP contribution in [0, 0.1) is 17.1 Å². The molecular weight excluding hydrogens is 183 g/mol. The van der Waals surface area contributed by atoms with Crippen LogP contribution in [0.2, 0.25) is 0 Å². The molecule has 1 saturated carbocycles. The van der Waals surface area contributed by atoms with Crippen LogP contribution in [0.3, 0.4) is 0 Å². The van der Waals surface area contributed by atoms with Gasteiger partial charge in [-0.05, 0) is 12.1 Å². The maximum absolute atomic E-state index is 12.6. The maximum Gasteiger partial charge on any atom is 0.141 e. The second-order valence-corrected chi connectivity index (χ2v) is 3.45. The molecule has 2 rings (SSSR count). The molecule has 1 aliphatic rings. The minimum absolute atomic E-state index is 0.0534. The van der Waals surface area contributed by atoms with Crippen molar-refractivity contribution >= 4 is 5.78 Å². The van der Waals surface area contributed by atoms with Crippen molar-refractivity contribution in [2.24, 2.45) is 0 Å². The number of ketones is 1. The fourth-order valence-electron chi connectivity index (χ4n) is 1.60. The van der Waals surface area contributed by atoms with Gasteiger partial charge in [0.1, 0.15) is 17.0 Å². The Labute approximate surface area is 80.2 Å². The molecule has 4 heteroatoms. The lowest BCUT2D eigenvalue weighted by atomic mass is 9.67. The molecule has 0 aromatic carbocycles. The fourth-order valence-corrected chi connectivity index (χ4v) is 1.60. The van der Waals surface area contributed by atoms with E-state index >= 15 is 0 Å². The van der Waals surface area contributed by atoms with Gasteiger partial charge in [-0.25, -0.2) is 4.39 Å². The number of carbonyl (C=O) groups is 1. The van der Waals surface area contributed by atoms with Crippen LogP contribution in [0.25, 0.3) is 0 Å². The van der Waals surface area contributed by atoms with Crippen LogP contribution in [-0.4, -0.2) is 10.8 Å². The molecule has 1 heterocycles. The summed E-state index contributed by atoms with van der Waals surface area (Å²) in [4.78, 5) is 14.7. The molecule has 70 valence electrons. The highest BCUT2D eigenvalue weighted by Crippen LogP contribution is 2.39. The van der Waals surface area contributed by atoms with Gasteiger partial charge in [0, 0.05) is 12.8 Å². The minimum Gasteiger partial charge on any atom is -0.300 e. The van der Waals surface area contributed by atoms with Crippen LogP contribution in [-0.2, 0) is 10.2 Å². The third-order valence-electron chi connectivity index (χ3n) is 2.43. The molecule has 0 amide bonds. The lowest BCUT2D eigenvalue weighted by Gasteiger charge is -2.32. The predicted molar refractivity (Wildman–Crippen MR) is 45.7 cm³/mol. The summed E-state index contributed by atoms with van der Waals surface area (Å²) in [6.45, 7) is 0. The van der Waals surface area contributed by atoms with E-state index in [0.29, 0.717) is 5.69 Å². The Morgan fingerprint density at radius 1 is 1.50 bits per heavy atom. The van der Waals surface area contributed by atoms with E-state index in [9.17, 15) is 9.18 Å². The van der Waals surface area contributed by atoms with Crippen molar-refractivity contribution in [1.29, 1.82) is 5.26 Å². The first-order chi connectivity index (χ1) is 6.66. The van der Waals surface area contributed by atoms with Gasteiger partial charge in [-0.2, -0.15) is 5.26 Å². The van der Waals surface area contributed by atoms with Crippen molar-refractivity contribution in [3.8, 4) is 6.07 Å². The number of Topliss-reactive ketones (excluding diaryl/α,β-unsaturated/α-hetero) is 1. The van der Waals surface area contributed by atoms with Gasteiger partial charge in [-0.15, -0.1) is 0 Å². The summed E-state index contributed by atoms with van der Waals surface area (Å²) >= 11 is 0. The summed E-state index contributed by atoms with van der Waals surface area (Å²) in [6.07, 6.45) is 1.46. The molecule has 0 saturated heterocycles. The Bertz CT molecular complexity index is 411. The van der Waals surface area contributed by atoms with E-state index in [1.807, 2.05) is 0 Å². The van der Waals surface area contributed by atoms with Crippen molar-refractivity contribution in [3.63, 3.8) is 0 Å². The summed E-state index contributed by atoms with van der Waals surface area (Å²) in [5.41, 5.74) is -0.314. The highest BCUT2D eigenvalue weighted by molar-refractivity contribution is 5.89. The number of rotatable bonds is 1. The molecule has 14 heavy (non-hydrogen) atoms. The standard InChI is InChI=1S/C10H7FN2O/c11-7-1-2-9(13-5-7)10(6-12)3-8(14)4-10/h1-2,5H,3-4H2. The predicted octanol–water partition coefficient (Wildman–Crippen LogP) is 1.34. The number of hydrogen-bond donors (Lipinski definition) is 0. The van der Waals surface area contributed by atoms with Crippen molar-refractivity contribution in [2.75, 3.05) is 0 Å². The molecule has 1 aliphatic carbocycles. The Morgan fingerprint density at radius 3 is 2.64 bits per heavy atom. The highest BCUT2D eigenvalue weighted by atomic mass is 19.1. The normalized spacial score (nSPS) is 18.4. The number of nitriles is 1. The Kier molecular flexibility index (Phi) is 1.81. The third-order valence-corrected chi connectivity index (χ3v) is 2.43. The van der Waals surface area contributed by atoms with Crippen molar-refractivity contribution in [2.45, 2.75) is 18.3 Å². The monoisotopic (exact) mass is 190 g/mol. The molecule has 3 nitrogen and oxygen atoms in total. The van der Waals surface area contributed by atoms with Crippen molar-refractivity contribution in [1.82, 2.24) is 4.98 Å². The summed E-state index contributed by atoms with van der Waals surface area (Å²) in [5, 5.41) is 8.94. The zero-order valence-corrected chi connectivity index (χ0v) is 7.33. The molecule has 0 spiro atoms. The van der Waals surface area contributed by atoms with Gasteiger partial charge in [-0.1, -0.05) is 0 Å². The number of nitrogens with zero attached hydrogens (tertiary/aromatic N) is 2. The minimum atomic E-state index is -0.801. The molecule has 1 aromatic heterocycles. The molecule has 0 atom stereocenters. The van der Waals surface area contributed by atoms with E-state index in [4.69, 9.17) is 5.26 Å². The van der Waals surface area contributed by atoms with Gasteiger partial charge in [0.05, 0.1) is 18.0 Å². The van der Waals surface area contributed by atoms with Crippen LogP contribution in [0.1, 0.15) is 18.5 Å². The Hall–Kier alpha value is -1.76. The summed E-state index contributed by atoms with van der Waals surface area (Å²) in [7, 11) is 0.